The van der Waals surface area contributed by atoms with Crippen LogP contribution in [0.1, 0.15) is 57.0 Å². The fraction of sp³-hybridized carbons (Fsp3) is 0.300. The Morgan fingerprint density at radius 2 is 1.47 bits per heavy atom. The van der Waals surface area contributed by atoms with Gasteiger partial charge in [0.05, 0.1) is 0 Å². The normalized spacial score (nSPS) is 17.5. The number of nitrogens with zero attached hydrogens (tertiary/aromatic N) is 3. The van der Waals surface area contributed by atoms with Gasteiger partial charge in [0.2, 0.25) is 5.60 Å². The molecule has 3 aromatic carbocycles. The summed E-state index contributed by atoms with van der Waals surface area (Å²) in [5, 5.41) is 22.0. The number of hydrogen-bond acceptors (Lipinski definition) is 11. The molecule has 0 bridgehead atoms. The number of benzene rings is 3. The summed E-state index contributed by atoms with van der Waals surface area (Å²) in [7, 11) is 0. The van der Waals surface area contributed by atoms with E-state index in [4.69, 9.17) is 14.6 Å². The second-order valence-electron chi connectivity index (χ2n) is 14.3. The molecule has 2 aliphatic rings. The predicted molar refractivity (Wildman–Crippen MR) is 221 cm³/mol. The molecule has 12 nitrogen and oxygen atoms in total. The van der Waals surface area contributed by atoms with E-state index in [-0.39, 0.29) is 17.1 Å². The SMILES string of the molecule is CC(C)(C)OC(=O)C(C)(C)O/N=C(\C(=O)NC1C(=O)N2C(C(=O)O)=C(CI)CS[C@@H]12)c1csc(NC(c2ccccc2)(c2ccccc2)c2ccccc2)n1. The zero-order valence-electron chi connectivity index (χ0n) is 30.7. The summed E-state index contributed by atoms with van der Waals surface area (Å²) in [6.07, 6.45) is 0. The minimum Gasteiger partial charge on any atom is -0.477 e. The van der Waals surface area contributed by atoms with Crippen molar-refractivity contribution in [3.8, 4) is 0 Å². The topological polar surface area (TPSA) is 160 Å². The van der Waals surface area contributed by atoms with Crippen molar-refractivity contribution in [3.63, 3.8) is 0 Å². The van der Waals surface area contributed by atoms with Gasteiger partial charge in [-0.1, -0.05) is 119 Å². The summed E-state index contributed by atoms with van der Waals surface area (Å²) < 4.78 is 5.98. The fourth-order valence-corrected chi connectivity index (χ4v) is 9.27. The number of fused-ring (bicyclic) bond motifs is 1. The molecule has 0 aliphatic carbocycles. The van der Waals surface area contributed by atoms with Gasteiger partial charge in [0.1, 0.15) is 33.9 Å². The van der Waals surface area contributed by atoms with Crippen LogP contribution >= 0.6 is 45.7 Å². The smallest absolute Gasteiger partial charge is 0.353 e. The molecule has 55 heavy (non-hydrogen) atoms. The maximum Gasteiger partial charge on any atom is 0.353 e. The summed E-state index contributed by atoms with van der Waals surface area (Å²) in [5.41, 5.74) is -0.116. The van der Waals surface area contributed by atoms with Gasteiger partial charge in [0, 0.05) is 15.6 Å². The molecule has 6 rings (SSSR count). The molecule has 0 saturated carbocycles. The number of oxime groups is 1. The molecule has 0 spiro atoms. The number of ether oxygens (including phenoxy) is 1. The van der Waals surface area contributed by atoms with Crippen LogP contribution in [0.25, 0.3) is 0 Å². The standard InChI is InChI=1S/C40H40IN5O7S2/c1-38(2,3)52-36(51)39(4,5)53-45-29(32(47)43-30-33(48)46-31(35(49)50)24(21-41)22-54-34(30)46)28-23-55-37(42-28)44-40(25-15-9-6-10-16-25,26-17-11-7-12-18-26)27-19-13-8-14-20-27/h6-20,23,30,34H,21-22H2,1-5H3,(H,42,44)(H,43,47)(H,49,50)/b45-29-/t30?,34-/m0/s1. The lowest BCUT2D eigenvalue weighted by Gasteiger charge is -2.49. The van der Waals surface area contributed by atoms with Crippen LogP contribution in [0, 0.1) is 0 Å². The molecule has 0 radical (unpaired) electrons. The second kappa shape index (κ2) is 16.2. The lowest BCUT2D eigenvalue weighted by atomic mass is 9.77. The Balaban J connectivity index is 1.37. The highest BCUT2D eigenvalue weighted by atomic mass is 127. The fourth-order valence-electron chi connectivity index (χ4n) is 6.18. The molecule has 3 N–H and O–H groups in total. The molecule has 1 unspecified atom stereocenters. The highest BCUT2D eigenvalue weighted by Crippen LogP contribution is 2.42. The number of aromatic nitrogens is 1. The van der Waals surface area contributed by atoms with E-state index in [1.54, 1.807) is 26.2 Å². The van der Waals surface area contributed by atoms with Crippen molar-refractivity contribution in [2.45, 2.75) is 62.8 Å². The van der Waals surface area contributed by atoms with Crippen molar-refractivity contribution in [1.82, 2.24) is 15.2 Å². The van der Waals surface area contributed by atoms with Gasteiger partial charge >= 0.3 is 11.9 Å². The maximum absolute atomic E-state index is 14.2. The Morgan fingerprint density at radius 1 is 0.927 bits per heavy atom. The number of nitrogens with one attached hydrogen (secondary N) is 2. The summed E-state index contributed by atoms with van der Waals surface area (Å²) in [4.78, 5) is 64.6. The molecule has 15 heteroatoms. The number of carboxylic acid groups (broad SMARTS) is 1. The number of aliphatic carboxylic acids is 1. The Morgan fingerprint density at radius 3 is 1.96 bits per heavy atom. The third-order valence-corrected chi connectivity index (χ3v) is 11.8. The average Bonchev–Trinajstić information content (AvgIpc) is 3.63. The average molecular weight is 894 g/mol. The summed E-state index contributed by atoms with van der Waals surface area (Å²) in [6.45, 7) is 8.12. The van der Waals surface area contributed by atoms with Crippen LogP contribution in [0.5, 0.6) is 0 Å². The van der Waals surface area contributed by atoms with Crippen LogP contribution in [-0.4, -0.2) is 77.3 Å². The van der Waals surface area contributed by atoms with Crippen molar-refractivity contribution in [2.24, 2.45) is 5.16 Å². The molecular weight excluding hydrogens is 854 g/mol. The Bertz CT molecular complexity index is 2040. The molecule has 3 heterocycles. The largest absolute Gasteiger partial charge is 0.477 e. The first-order valence-electron chi connectivity index (χ1n) is 17.3. The number of amides is 2. The van der Waals surface area contributed by atoms with Gasteiger partial charge in [-0.25, -0.2) is 14.6 Å². The van der Waals surface area contributed by atoms with Crippen molar-refractivity contribution < 1.29 is 33.9 Å². The zero-order valence-corrected chi connectivity index (χ0v) is 34.5. The van der Waals surface area contributed by atoms with Gasteiger partial charge < -0.3 is 25.3 Å². The zero-order chi connectivity index (χ0) is 39.5. The summed E-state index contributed by atoms with van der Waals surface area (Å²) in [5.74, 6) is -2.86. The van der Waals surface area contributed by atoms with Crippen LogP contribution in [0.15, 0.2) is 113 Å². The van der Waals surface area contributed by atoms with E-state index < -0.39 is 51.9 Å². The van der Waals surface area contributed by atoms with E-state index in [0.29, 0.717) is 20.9 Å². The summed E-state index contributed by atoms with van der Waals surface area (Å²) >= 11 is 4.68. The first-order valence-corrected chi connectivity index (χ1v) is 20.8. The van der Waals surface area contributed by atoms with E-state index in [2.05, 4.69) is 38.4 Å². The van der Waals surface area contributed by atoms with Crippen molar-refractivity contribution in [3.05, 3.63) is 130 Å². The number of esters is 1. The number of carbonyl (C=O) groups excluding carboxylic acids is 3. The van der Waals surface area contributed by atoms with Crippen LogP contribution < -0.4 is 10.6 Å². The van der Waals surface area contributed by atoms with Crippen molar-refractivity contribution in [2.75, 3.05) is 15.5 Å². The van der Waals surface area contributed by atoms with E-state index in [9.17, 15) is 24.3 Å². The van der Waals surface area contributed by atoms with Gasteiger partial charge in [0.15, 0.2) is 10.8 Å². The third-order valence-electron chi connectivity index (χ3n) is 8.83. The van der Waals surface area contributed by atoms with Crippen LogP contribution in [0.2, 0.25) is 0 Å². The first kappa shape index (κ1) is 39.9. The van der Waals surface area contributed by atoms with Gasteiger partial charge in [-0.2, -0.15) is 0 Å². The molecule has 1 saturated heterocycles. The van der Waals surface area contributed by atoms with Crippen LogP contribution in [0.3, 0.4) is 0 Å². The minimum absolute atomic E-state index is 0.0565. The number of thiazole rings is 1. The highest BCUT2D eigenvalue weighted by Gasteiger charge is 2.54. The number of carboxylic acids is 1. The Kier molecular flexibility index (Phi) is 11.7. The minimum atomic E-state index is -1.61. The molecule has 2 amide bonds. The van der Waals surface area contributed by atoms with Gasteiger partial charge in [0.25, 0.3) is 11.8 Å². The van der Waals surface area contributed by atoms with Crippen LogP contribution in [-0.2, 0) is 34.3 Å². The number of halogens is 1. The Hall–Kier alpha value is -4.74. The van der Waals surface area contributed by atoms with E-state index in [1.807, 2.05) is 91.0 Å². The number of alkyl halides is 1. The summed E-state index contributed by atoms with van der Waals surface area (Å²) in [6, 6.07) is 28.8. The van der Waals surface area contributed by atoms with Crippen molar-refractivity contribution in [1.29, 1.82) is 0 Å². The molecular formula is C40H40IN5O7S2. The van der Waals surface area contributed by atoms with Gasteiger partial charge in [-0.3, -0.25) is 14.5 Å². The number of thioether (sulfide) groups is 1. The van der Waals surface area contributed by atoms with E-state index in [0.717, 1.165) is 16.7 Å². The highest BCUT2D eigenvalue weighted by molar-refractivity contribution is 14.1. The molecule has 2 aliphatic heterocycles. The quantitative estimate of drug-likeness (QED) is 0.0255. The van der Waals surface area contributed by atoms with Crippen molar-refractivity contribution >= 4 is 80.3 Å². The molecule has 1 aromatic heterocycles. The third kappa shape index (κ3) is 8.28. The molecule has 286 valence electrons. The number of rotatable bonds is 13. The number of β-lactam (4-membered cyclic amide) rings is 1. The molecule has 1 fully saturated rings. The Labute approximate surface area is 340 Å². The predicted octanol–water partition coefficient (Wildman–Crippen LogP) is 6.56. The lowest BCUT2D eigenvalue weighted by Crippen LogP contribution is -2.71. The number of carbonyl (C=O) groups is 4. The first-order chi connectivity index (χ1) is 26.2. The van der Waals surface area contributed by atoms with Crippen LogP contribution in [0.4, 0.5) is 5.13 Å². The second-order valence-corrected chi connectivity index (χ2v) is 17.0. The van der Waals surface area contributed by atoms with E-state index in [1.165, 1.54) is 41.8 Å². The number of hydrogen-bond donors (Lipinski definition) is 3. The molecule has 2 atom stereocenters. The lowest BCUT2D eigenvalue weighted by molar-refractivity contribution is -0.179. The van der Waals surface area contributed by atoms with Gasteiger partial charge in [-0.15, -0.1) is 23.1 Å². The molecule has 4 aromatic rings. The maximum atomic E-state index is 14.2. The number of anilines is 1. The van der Waals surface area contributed by atoms with Gasteiger partial charge in [-0.05, 0) is 56.9 Å². The van der Waals surface area contributed by atoms with E-state index >= 15 is 0 Å². The monoisotopic (exact) mass is 893 g/mol.